The van der Waals surface area contributed by atoms with Crippen LogP contribution in [0.3, 0.4) is 0 Å². The maximum Gasteiger partial charge on any atom is 0.337 e. The zero-order chi connectivity index (χ0) is 22.4. The topological polar surface area (TPSA) is 68.5 Å². The third-order valence-electron chi connectivity index (χ3n) is 6.74. The van der Waals surface area contributed by atoms with Crippen molar-refractivity contribution in [3.63, 3.8) is 0 Å². The van der Waals surface area contributed by atoms with Gasteiger partial charge in [-0.2, -0.15) is 0 Å². The molecule has 164 valence electrons. The Morgan fingerprint density at radius 3 is 2.59 bits per heavy atom. The molecule has 0 bridgehead atoms. The Kier molecular flexibility index (Phi) is 5.30. The van der Waals surface area contributed by atoms with Crippen molar-refractivity contribution in [3.05, 3.63) is 63.7 Å². The van der Waals surface area contributed by atoms with Gasteiger partial charge in [0.2, 0.25) is 0 Å². The molecule has 0 radical (unpaired) electrons. The summed E-state index contributed by atoms with van der Waals surface area (Å²) in [6, 6.07) is 11.3. The van der Waals surface area contributed by atoms with Crippen LogP contribution in [0, 0.1) is 0 Å². The molecule has 1 fully saturated rings. The van der Waals surface area contributed by atoms with E-state index < -0.39 is 11.9 Å². The van der Waals surface area contributed by atoms with Gasteiger partial charge in [0.1, 0.15) is 0 Å². The van der Waals surface area contributed by atoms with Crippen molar-refractivity contribution in [1.82, 2.24) is 4.57 Å². The predicted octanol–water partition coefficient (Wildman–Crippen LogP) is 6.28. The molecule has 0 spiro atoms. The third-order valence-corrected chi connectivity index (χ3v) is 6.97. The van der Waals surface area contributed by atoms with Gasteiger partial charge in [-0.05, 0) is 60.2 Å². The number of carbonyl (C=O) groups excluding carboxylic acids is 1. The molecule has 32 heavy (non-hydrogen) atoms. The Labute approximate surface area is 191 Å². The summed E-state index contributed by atoms with van der Waals surface area (Å²) in [6.45, 7) is 0.213. The molecule has 0 unspecified atom stereocenters. The molecule has 5 rings (SSSR count). The summed E-state index contributed by atoms with van der Waals surface area (Å²) in [4.78, 5) is 24.3. The largest absolute Gasteiger partial charge is 0.478 e. The number of carbonyl (C=O) groups is 2. The number of nitrogens with zero attached hydrogens (tertiary/aromatic N) is 1. The number of fused-ring (bicyclic) bond motifs is 5. The van der Waals surface area contributed by atoms with E-state index in [1.807, 2.05) is 30.3 Å². The second kappa shape index (κ2) is 8.14. The van der Waals surface area contributed by atoms with E-state index in [1.54, 1.807) is 12.1 Å². The fourth-order valence-electron chi connectivity index (χ4n) is 5.28. The first-order chi connectivity index (χ1) is 15.5. The van der Waals surface area contributed by atoms with Crippen LogP contribution in [0.5, 0.6) is 0 Å². The highest BCUT2D eigenvalue weighted by atomic mass is 35.5. The van der Waals surface area contributed by atoms with Gasteiger partial charge >= 0.3 is 11.9 Å². The van der Waals surface area contributed by atoms with Gasteiger partial charge in [-0.1, -0.05) is 43.0 Å². The van der Waals surface area contributed by atoms with Crippen molar-refractivity contribution in [3.8, 4) is 11.3 Å². The number of ether oxygens (including phenoxy) is 1. The fraction of sp³-hybridized carbons (Fsp3) is 0.308. The van der Waals surface area contributed by atoms with Gasteiger partial charge in [-0.15, -0.1) is 0 Å². The SMILES string of the molecule is COC(=O)c1ccc2c(C3CCCCC3)c3n(c2c1)CC(C(=O)O)=Cc1cc(Cl)ccc1-3. The molecule has 3 aromatic rings. The molecule has 0 saturated heterocycles. The molecule has 1 aliphatic heterocycles. The van der Waals surface area contributed by atoms with Crippen molar-refractivity contribution in [2.75, 3.05) is 7.11 Å². The van der Waals surface area contributed by atoms with Crippen LogP contribution >= 0.6 is 11.6 Å². The summed E-state index contributed by atoms with van der Waals surface area (Å²) in [5, 5.41) is 11.6. The summed E-state index contributed by atoms with van der Waals surface area (Å²) >= 11 is 6.29. The van der Waals surface area contributed by atoms with E-state index in [0.29, 0.717) is 16.5 Å². The molecule has 1 saturated carbocycles. The van der Waals surface area contributed by atoms with E-state index in [9.17, 15) is 14.7 Å². The molecule has 0 atom stereocenters. The van der Waals surface area contributed by atoms with Gasteiger partial charge in [0.25, 0.3) is 0 Å². The number of rotatable bonds is 3. The van der Waals surface area contributed by atoms with Gasteiger partial charge in [0, 0.05) is 21.5 Å². The lowest BCUT2D eigenvalue weighted by Gasteiger charge is -2.24. The molecule has 6 heteroatoms. The standard InChI is InChI=1S/C26H24ClNO4/c1-32-26(31)16-7-9-21-22(13-16)28-14-18(25(29)30)11-17-12-19(27)8-10-20(17)24(28)23(21)15-5-3-2-4-6-15/h7-13,15H,2-6,14H2,1H3,(H,29,30). The van der Waals surface area contributed by atoms with Crippen molar-refractivity contribution in [2.24, 2.45) is 0 Å². The first-order valence-electron chi connectivity index (χ1n) is 11.0. The zero-order valence-electron chi connectivity index (χ0n) is 17.9. The summed E-state index contributed by atoms with van der Waals surface area (Å²) in [6.07, 6.45) is 7.54. The second-order valence-corrected chi connectivity index (χ2v) is 9.05. The van der Waals surface area contributed by atoms with Crippen molar-refractivity contribution < 1.29 is 19.4 Å². The van der Waals surface area contributed by atoms with Gasteiger partial charge in [0.15, 0.2) is 0 Å². The van der Waals surface area contributed by atoms with Crippen molar-refractivity contribution in [2.45, 2.75) is 44.6 Å². The molecule has 5 nitrogen and oxygen atoms in total. The lowest BCUT2D eigenvalue weighted by molar-refractivity contribution is -0.132. The average Bonchev–Trinajstić information content (AvgIpc) is 3.01. The minimum atomic E-state index is -0.964. The summed E-state index contributed by atoms with van der Waals surface area (Å²) in [7, 11) is 1.36. The number of halogens is 1. The number of aromatic nitrogens is 1. The van der Waals surface area contributed by atoms with Crippen LogP contribution in [0.1, 0.15) is 59.5 Å². The van der Waals surface area contributed by atoms with E-state index in [0.717, 1.165) is 40.6 Å². The van der Waals surface area contributed by atoms with Crippen molar-refractivity contribution >= 4 is 40.5 Å². The Hall–Kier alpha value is -3.05. The molecule has 1 N–H and O–H groups in total. The quantitative estimate of drug-likeness (QED) is 0.478. The average molecular weight is 450 g/mol. The molecule has 0 amide bonds. The van der Waals surface area contributed by atoms with E-state index in [4.69, 9.17) is 16.3 Å². The highest BCUT2D eigenvalue weighted by Gasteiger charge is 2.30. The molecule has 2 aromatic carbocycles. The lowest BCUT2D eigenvalue weighted by Crippen LogP contribution is -2.10. The van der Waals surface area contributed by atoms with Crippen LogP contribution in [0.25, 0.3) is 28.2 Å². The zero-order valence-corrected chi connectivity index (χ0v) is 18.6. The highest BCUT2D eigenvalue weighted by molar-refractivity contribution is 6.30. The predicted molar refractivity (Wildman–Crippen MR) is 125 cm³/mol. The Balaban J connectivity index is 1.86. The molecular weight excluding hydrogens is 426 g/mol. The number of hydrogen-bond donors (Lipinski definition) is 1. The fourth-order valence-corrected chi connectivity index (χ4v) is 5.46. The van der Waals surface area contributed by atoms with Crippen LogP contribution in [0.4, 0.5) is 0 Å². The summed E-state index contributed by atoms with van der Waals surface area (Å²) in [5.74, 6) is -0.980. The maximum absolute atomic E-state index is 12.3. The van der Waals surface area contributed by atoms with Crippen LogP contribution in [-0.2, 0) is 16.1 Å². The number of methoxy groups -OCH3 is 1. The minimum Gasteiger partial charge on any atom is -0.478 e. The normalized spacial score (nSPS) is 16.1. The number of benzene rings is 2. The second-order valence-electron chi connectivity index (χ2n) is 8.61. The maximum atomic E-state index is 12.3. The van der Waals surface area contributed by atoms with Gasteiger partial charge in [-0.25, -0.2) is 9.59 Å². The molecule has 2 aliphatic rings. The smallest absolute Gasteiger partial charge is 0.337 e. The monoisotopic (exact) mass is 449 g/mol. The summed E-state index contributed by atoms with van der Waals surface area (Å²) in [5.41, 5.74) is 5.66. The first kappa shape index (κ1) is 20.8. The molecular formula is C26H24ClNO4. The Bertz CT molecular complexity index is 1280. The van der Waals surface area contributed by atoms with Gasteiger partial charge < -0.3 is 14.4 Å². The van der Waals surface area contributed by atoms with Crippen molar-refractivity contribution in [1.29, 1.82) is 0 Å². The van der Waals surface area contributed by atoms with Crippen LogP contribution in [-0.4, -0.2) is 28.7 Å². The first-order valence-corrected chi connectivity index (χ1v) is 11.3. The van der Waals surface area contributed by atoms with Crippen LogP contribution < -0.4 is 0 Å². The van der Waals surface area contributed by atoms with Gasteiger partial charge in [-0.3, -0.25) is 0 Å². The molecule has 1 aliphatic carbocycles. The minimum absolute atomic E-state index is 0.213. The Morgan fingerprint density at radius 1 is 1.09 bits per heavy atom. The van der Waals surface area contributed by atoms with E-state index in [2.05, 4.69) is 4.57 Å². The third kappa shape index (κ3) is 3.41. The number of carboxylic acids is 1. The highest BCUT2D eigenvalue weighted by Crippen LogP contribution is 2.46. The Morgan fingerprint density at radius 2 is 1.88 bits per heavy atom. The molecule has 1 aromatic heterocycles. The van der Waals surface area contributed by atoms with E-state index in [1.165, 1.54) is 31.9 Å². The number of hydrogen-bond acceptors (Lipinski definition) is 3. The van der Waals surface area contributed by atoms with E-state index in [-0.39, 0.29) is 12.1 Å². The van der Waals surface area contributed by atoms with Crippen LogP contribution in [0.2, 0.25) is 5.02 Å². The number of esters is 1. The van der Waals surface area contributed by atoms with Crippen LogP contribution in [0.15, 0.2) is 42.0 Å². The number of aliphatic carboxylic acids is 1. The lowest BCUT2D eigenvalue weighted by atomic mass is 9.81. The molecule has 2 heterocycles. The van der Waals surface area contributed by atoms with Gasteiger partial charge in [0.05, 0.1) is 30.5 Å². The van der Waals surface area contributed by atoms with E-state index >= 15 is 0 Å². The number of carboxylic acid groups (broad SMARTS) is 1. The summed E-state index contributed by atoms with van der Waals surface area (Å²) < 4.78 is 7.00.